The van der Waals surface area contributed by atoms with E-state index >= 15 is 0 Å². The van der Waals surface area contributed by atoms with Crippen molar-refractivity contribution in [3.05, 3.63) is 0 Å². The summed E-state index contributed by atoms with van der Waals surface area (Å²) in [6.07, 6.45) is 6.56. The quantitative estimate of drug-likeness (QED) is 0.543. The third-order valence-corrected chi connectivity index (χ3v) is 1.92. The number of unbranched alkanes of at least 4 members (excludes halogenated alkanes) is 3. The third-order valence-electron chi connectivity index (χ3n) is 1.34. The standard InChI is InChI=1S/C7H16N.Mo/c1-2-3-4-5-6-7-8;/h7H,2-6,8H2,1H3;. The van der Waals surface area contributed by atoms with Gasteiger partial charge in [-0.2, -0.15) is 0 Å². The van der Waals surface area contributed by atoms with Crippen LogP contribution in [0.2, 0.25) is 0 Å². The molecule has 55 valence electrons. The van der Waals surface area contributed by atoms with Crippen molar-refractivity contribution in [2.24, 2.45) is 5.73 Å². The molecule has 0 aliphatic carbocycles. The SMILES string of the molecule is CCCCCC[CH](N)[Mo]. The Labute approximate surface area is 69.3 Å². The average Bonchev–Trinajstić information content (AvgIpc) is 1.80. The van der Waals surface area contributed by atoms with Crippen LogP contribution in [0.25, 0.3) is 0 Å². The fourth-order valence-corrected chi connectivity index (χ4v) is 1.18. The van der Waals surface area contributed by atoms with Crippen molar-refractivity contribution in [2.75, 3.05) is 0 Å². The van der Waals surface area contributed by atoms with Crippen LogP contribution in [0, 0.1) is 0 Å². The molecule has 0 heterocycles. The van der Waals surface area contributed by atoms with Crippen molar-refractivity contribution >= 4 is 0 Å². The Morgan fingerprint density at radius 2 is 2.00 bits per heavy atom. The van der Waals surface area contributed by atoms with Gasteiger partial charge in [-0.1, -0.05) is 0 Å². The van der Waals surface area contributed by atoms with Gasteiger partial charge in [0.25, 0.3) is 0 Å². The Balaban J connectivity index is 2.75. The van der Waals surface area contributed by atoms with Gasteiger partial charge in [-0.05, 0) is 0 Å². The molecular formula is C7H16MoN. The Kier molecular flexibility index (Phi) is 7.25. The summed E-state index contributed by atoms with van der Waals surface area (Å²) in [5, 5.41) is 0. The van der Waals surface area contributed by atoms with Crippen LogP contribution >= 0.6 is 0 Å². The molecule has 0 saturated heterocycles. The second kappa shape index (κ2) is 6.76. The zero-order valence-corrected chi connectivity index (χ0v) is 8.11. The second-order valence-corrected chi connectivity index (χ2v) is 3.88. The van der Waals surface area contributed by atoms with E-state index in [1.165, 1.54) is 32.1 Å². The molecule has 2 heteroatoms. The molecule has 9 heavy (non-hydrogen) atoms. The number of hydrogen-bond acceptors (Lipinski definition) is 1. The van der Waals surface area contributed by atoms with Gasteiger partial charge in [-0.25, -0.2) is 0 Å². The van der Waals surface area contributed by atoms with Gasteiger partial charge in [0.2, 0.25) is 0 Å². The topological polar surface area (TPSA) is 26.0 Å². The van der Waals surface area contributed by atoms with E-state index in [2.05, 4.69) is 6.92 Å². The van der Waals surface area contributed by atoms with Crippen LogP contribution in [0.5, 0.6) is 0 Å². The van der Waals surface area contributed by atoms with Crippen LogP contribution in [0.1, 0.15) is 39.0 Å². The molecule has 0 spiro atoms. The van der Waals surface area contributed by atoms with Gasteiger partial charge < -0.3 is 0 Å². The number of rotatable bonds is 5. The first-order valence-electron chi connectivity index (χ1n) is 3.68. The first-order valence-corrected chi connectivity index (χ1v) is 4.84. The van der Waals surface area contributed by atoms with E-state index in [1.54, 1.807) is 0 Å². The minimum absolute atomic E-state index is 0.414. The molecule has 1 unspecified atom stereocenters. The normalized spacial score (nSPS) is 13.6. The van der Waals surface area contributed by atoms with E-state index in [0.717, 1.165) is 0 Å². The maximum absolute atomic E-state index is 5.58. The fourth-order valence-electron chi connectivity index (χ4n) is 0.772. The summed E-state index contributed by atoms with van der Waals surface area (Å²) in [6, 6.07) is 0. The summed E-state index contributed by atoms with van der Waals surface area (Å²) >= 11 is 2.01. The minimum atomic E-state index is 0.414. The molecule has 1 nitrogen and oxygen atoms in total. The predicted octanol–water partition coefficient (Wildman–Crippen LogP) is 1.79. The zero-order valence-electron chi connectivity index (χ0n) is 6.10. The molecule has 0 rings (SSSR count). The van der Waals surface area contributed by atoms with Crippen molar-refractivity contribution in [3.8, 4) is 0 Å². The van der Waals surface area contributed by atoms with Gasteiger partial charge in [0, 0.05) is 0 Å². The Morgan fingerprint density at radius 1 is 1.33 bits per heavy atom. The molecule has 0 aromatic carbocycles. The Bertz CT molecular complexity index is 54.9. The van der Waals surface area contributed by atoms with Crippen molar-refractivity contribution in [1.82, 2.24) is 0 Å². The number of hydrogen-bond donors (Lipinski definition) is 1. The van der Waals surface area contributed by atoms with Crippen LogP contribution in [-0.4, -0.2) is 4.43 Å². The van der Waals surface area contributed by atoms with Crippen LogP contribution in [0.3, 0.4) is 0 Å². The van der Waals surface area contributed by atoms with Crippen molar-refractivity contribution in [2.45, 2.75) is 43.5 Å². The van der Waals surface area contributed by atoms with E-state index in [9.17, 15) is 0 Å². The monoisotopic (exact) mass is 212 g/mol. The second-order valence-electron chi connectivity index (χ2n) is 2.39. The van der Waals surface area contributed by atoms with Crippen molar-refractivity contribution in [1.29, 1.82) is 0 Å². The molecular weight excluding hydrogens is 194 g/mol. The molecule has 0 fully saturated rings. The Hall–Kier alpha value is 0.648. The number of nitrogens with two attached hydrogens (primary N) is 1. The van der Waals surface area contributed by atoms with E-state index in [-0.39, 0.29) is 0 Å². The third kappa shape index (κ3) is 8.65. The van der Waals surface area contributed by atoms with E-state index in [1.807, 2.05) is 19.8 Å². The summed E-state index contributed by atoms with van der Waals surface area (Å²) in [5.41, 5.74) is 5.58. The fraction of sp³-hybridized carbons (Fsp3) is 1.00. The van der Waals surface area contributed by atoms with Crippen molar-refractivity contribution < 1.29 is 19.8 Å². The van der Waals surface area contributed by atoms with Gasteiger partial charge in [-0.15, -0.1) is 0 Å². The molecule has 0 saturated carbocycles. The van der Waals surface area contributed by atoms with E-state index < -0.39 is 0 Å². The van der Waals surface area contributed by atoms with Crippen LogP contribution in [0.15, 0.2) is 0 Å². The molecule has 0 radical (unpaired) electrons. The first kappa shape index (κ1) is 9.65. The summed E-state index contributed by atoms with van der Waals surface area (Å²) in [7, 11) is 0. The zero-order chi connectivity index (χ0) is 7.11. The first-order chi connectivity index (χ1) is 4.27. The van der Waals surface area contributed by atoms with Crippen LogP contribution < -0.4 is 5.73 Å². The van der Waals surface area contributed by atoms with Gasteiger partial charge in [-0.3, -0.25) is 0 Å². The molecule has 2 N–H and O–H groups in total. The molecule has 0 aliphatic rings. The molecule has 0 aromatic heterocycles. The van der Waals surface area contributed by atoms with Crippen LogP contribution in [0.4, 0.5) is 0 Å². The van der Waals surface area contributed by atoms with Gasteiger partial charge in [0.15, 0.2) is 0 Å². The van der Waals surface area contributed by atoms with E-state index in [0.29, 0.717) is 4.43 Å². The van der Waals surface area contributed by atoms with E-state index in [4.69, 9.17) is 5.73 Å². The summed E-state index contributed by atoms with van der Waals surface area (Å²) < 4.78 is 0.414. The molecule has 0 aliphatic heterocycles. The summed E-state index contributed by atoms with van der Waals surface area (Å²) in [6.45, 7) is 2.23. The molecule has 0 amide bonds. The predicted molar refractivity (Wildman–Crippen MR) is 36.7 cm³/mol. The maximum atomic E-state index is 5.58. The molecule has 1 atom stereocenters. The summed E-state index contributed by atoms with van der Waals surface area (Å²) in [4.78, 5) is 0. The molecule has 0 aromatic rings. The van der Waals surface area contributed by atoms with Gasteiger partial charge in [0.05, 0.1) is 0 Å². The average molecular weight is 210 g/mol. The molecule has 0 bridgehead atoms. The van der Waals surface area contributed by atoms with Crippen molar-refractivity contribution in [3.63, 3.8) is 0 Å². The Morgan fingerprint density at radius 3 is 2.44 bits per heavy atom. The van der Waals surface area contributed by atoms with Gasteiger partial charge in [0.1, 0.15) is 0 Å². The van der Waals surface area contributed by atoms with Gasteiger partial charge >= 0.3 is 69.0 Å². The summed E-state index contributed by atoms with van der Waals surface area (Å²) in [5.74, 6) is 0. The van der Waals surface area contributed by atoms with Crippen LogP contribution in [-0.2, 0) is 19.8 Å².